The maximum Gasteiger partial charge on any atom is 0.271 e. The van der Waals surface area contributed by atoms with Crippen molar-refractivity contribution < 1.29 is 111 Å². The van der Waals surface area contributed by atoms with Gasteiger partial charge in [0.05, 0.1) is 39.5 Å². The number of aliphatic hydroxyl groups excluding tert-OH is 16. The molecule has 3 aromatic heterocycles. The molecule has 3 heterocycles. The summed E-state index contributed by atoms with van der Waals surface area (Å²) in [6.07, 6.45) is -23.9. The molecule has 3 amide bonds. The van der Waals surface area contributed by atoms with E-state index in [0.29, 0.717) is 0 Å². The van der Waals surface area contributed by atoms with Gasteiger partial charge in [-0.2, -0.15) is 0 Å². The number of hydrogen-bond donors (Lipinski definition) is 22. The highest BCUT2D eigenvalue weighted by Crippen LogP contribution is 2.18. The highest BCUT2D eigenvalue weighted by molar-refractivity contribution is 5.96. The summed E-state index contributed by atoms with van der Waals surface area (Å²) in [4.78, 5) is 79.3. The predicted molar refractivity (Wildman–Crippen MR) is 250 cm³/mol. The number of aromatic hydroxyl groups is 3. The molecule has 75 heavy (non-hydrogen) atoms. The Hall–Kier alpha value is -6.02. The van der Waals surface area contributed by atoms with E-state index in [9.17, 15) is 110 Å². The van der Waals surface area contributed by atoms with Crippen LogP contribution < -0.4 is 32.2 Å². The van der Waals surface area contributed by atoms with Gasteiger partial charge in [0.1, 0.15) is 79.4 Å². The van der Waals surface area contributed by atoms with Crippen LogP contribution in [-0.4, -0.2) is 272 Å². The number of nitrogens with one attached hydrogen (secondary N) is 3. The van der Waals surface area contributed by atoms with Gasteiger partial charge in [-0.3, -0.25) is 33.7 Å². The van der Waals surface area contributed by atoms with Crippen molar-refractivity contribution in [3.05, 3.63) is 84.5 Å². The van der Waals surface area contributed by atoms with Crippen molar-refractivity contribution in [1.29, 1.82) is 0 Å². The van der Waals surface area contributed by atoms with Gasteiger partial charge in [-0.05, 0) is 0 Å². The van der Waals surface area contributed by atoms with Gasteiger partial charge in [0.2, 0.25) is 16.3 Å². The lowest BCUT2D eigenvalue weighted by atomic mass is 9.99. The molecule has 13 atom stereocenters. The van der Waals surface area contributed by atoms with E-state index in [4.69, 9.17) is 15.3 Å². The van der Waals surface area contributed by atoms with E-state index in [1.165, 1.54) is 4.90 Å². The second kappa shape index (κ2) is 29.3. The Kier molecular flexibility index (Phi) is 24.7. The fraction of sp³-hybridized carbons (Fsp3) is 0.581. The Bertz CT molecular complexity index is 2420. The first-order chi connectivity index (χ1) is 35.2. The van der Waals surface area contributed by atoms with Crippen LogP contribution in [0, 0.1) is 0 Å². The molecule has 0 saturated carbocycles. The Balaban J connectivity index is 1.89. The zero-order valence-corrected chi connectivity index (χ0v) is 39.7. The maximum atomic E-state index is 13.6. The van der Waals surface area contributed by atoms with Gasteiger partial charge in [0.25, 0.3) is 17.7 Å². The van der Waals surface area contributed by atoms with Crippen LogP contribution >= 0.6 is 0 Å². The fourth-order valence-corrected chi connectivity index (χ4v) is 7.25. The minimum absolute atomic E-state index is 0.250. The normalized spacial score (nSPS) is 17.1. The molecular weight excluding hydrogens is 1010 g/mol. The summed E-state index contributed by atoms with van der Waals surface area (Å²) in [6.45, 7) is -7.41. The summed E-state index contributed by atoms with van der Waals surface area (Å²) in [7, 11) is 0. The van der Waals surface area contributed by atoms with Gasteiger partial charge in [0, 0.05) is 76.1 Å². The zero-order chi connectivity index (χ0) is 56.6. The Labute approximate surface area is 423 Å². The molecule has 13 unspecified atom stereocenters. The van der Waals surface area contributed by atoms with E-state index in [2.05, 4.69) is 16.0 Å². The Morgan fingerprint density at radius 2 is 0.627 bits per heavy atom. The first-order valence-electron chi connectivity index (χ1n) is 22.8. The van der Waals surface area contributed by atoms with Gasteiger partial charge in [-0.1, -0.05) is 0 Å². The number of carbonyl (C=O) groups excluding carboxylic acids is 3. The third-order valence-corrected chi connectivity index (χ3v) is 11.7. The second-order valence-electron chi connectivity index (χ2n) is 17.1. The highest BCUT2D eigenvalue weighted by atomic mass is 16.4. The molecule has 0 radical (unpaired) electrons. The lowest BCUT2D eigenvalue weighted by Crippen LogP contribution is -2.51. The van der Waals surface area contributed by atoms with Gasteiger partial charge in [-0.15, -0.1) is 0 Å². The van der Waals surface area contributed by atoms with Crippen LogP contribution in [0.3, 0.4) is 0 Å². The molecule has 32 heteroatoms. The first-order valence-corrected chi connectivity index (χ1v) is 22.8. The van der Waals surface area contributed by atoms with Crippen LogP contribution in [0.5, 0.6) is 17.2 Å². The minimum Gasteiger partial charge on any atom is -0.503 e. The van der Waals surface area contributed by atoms with Crippen molar-refractivity contribution >= 4 is 17.7 Å². The quantitative estimate of drug-likeness (QED) is 0.0284. The Morgan fingerprint density at radius 1 is 0.400 bits per heavy atom. The van der Waals surface area contributed by atoms with Crippen LogP contribution in [0.25, 0.3) is 0 Å². The molecule has 3 aromatic rings. The third-order valence-electron chi connectivity index (χ3n) is 11.7. The molecule has 32 nitrogen and oxygen atoms in total. The summed E-state index contributed by atoms with van der Waals surface area (Å²) in [6, 6.07) is 2.37. The van der Waals surface area contributed by atoms with Gasteiger partial charge in [0.15, 0.2) is 34.3 Å². The largest absolute Gasteiger partial charge is 0.503 e. The van der Waals surface area contributed by atoms with Crippen molar-refractivity contribution in [3.8, 4) is 17.2 Å². The molecule has 22 N–H and O–H groups in total. The predicted octanol–water partition coefficient (Wildman–Crippen LogP) is -12.2. The second-order valence-corrected chi connectivity index (χ2v) is 17.1. The van der Waals surface area contributed by atoms with Crippen molar-refractivity contribution in [2.45, 2.75) is 99.0 Å². The van der Waals surface area contributed by atoms with E-state index < -0.39 is 207 Å². The van der Waals surface area contributed by atoms with E-state index in [1.807, 2.05) is 0 Å². The Morgan fingerprint density at radius 3 is 0.880 bits per heavy atom. The van der Waals surface area contributed by atoms with Crippen LogP contribution in [0.4, 0.5) is 0 Å². The molecule has 0 aliphatic rings. The molecule has 0 aromatic carbocycles. The zero-order valence-electron chi connectivity index (χ0n) is 39.7. The van der Waals surface area contributed by atoms with Gasteiger partial charge < -0.3 is 127 Å². The minimum atomic E-state index is -2.25. The molecule has 0 bridgehead atoms. The average molecular weight is 1080 g/mol. The molecular formula is C43H65N7O25. The molecule has 0 spiro atoms. The lowest BCUT2D eigenvalue weighted by molar-refractivity contribution is -0.142. The number of amides is 3. The van der Waals surface area contributed by atoms with Crippen LogP contribution in [0.2, 0.25) is 0 Å². The molecule has 0 saturated heterocycles. The van der Waals surface area contributed by atoms with Crippen molar-refractivity contribution in [1.82, 2.24) is 34.6 Å². The van der Waals surface area contributed by atoms with Crippen molar-refractivity contribution in [2.75, 3.05) is 59.1 Å². The number of rotatable bonds is 31. The van der Waals surface area contributed by atoms with Crippen LogP contribution in [0.15, 0.2) is 51.2 Å². The van der Waals surface area contributed by atoms with E-state index in [-0.39, 0.29) is 19.6 Å². The number of hydrogen-bond acceptors (Lipinski definition) is 26. The molecule has 3 rings (SSSR count). The van der Waals surface area contributed by atoms with Crippen molar-refractivity contribution in [2.24, 2.45) is 0 Å². The fourth-order valence-electron chi connectivity index (χ4n) is 7.25. The van der Waals surface area contributed by atoms with E-state index >= 15 is 0 Å². The summed E-state index contributed by atoms with van der Waals surface area (Å²) >= 11 is 0. The van der Waals surface area contributed by atoms with E-state index in [1.54, 1.807) is 0 Å². The summed E-state index contributed by atoms with van der Waals surface area (Å²) in [5.74, 6) is -6.92. The first kappa shape index (κ1) is 63.3. The highest BCUT2D eigenvalue weighted by Gasteiger charge is 2.36. The standard InChI is InChI=1S/C43H65N7O25/c51-16-25(60)37(69)34(66)22(57)13-48-7-1-19(54)31(63)28(48)41(73)44-4-10-47(11-5-45-42(74)29-32(64)20(55)2-8-49(29)14-23(58)35(67)38(70)26(61)17-52)12-6-46-43(75)30-33(65)21(56)3-9-50(30)15-24(59)36(68)40(72)39(71)27(62)18-53/h1-3,7-9,22-27,34-40,51-53,57-72H,4-6,10-18H2,(H,44,73)(H,45,74)(H,46,75). The lowest BCUT2D eigenvalue weighted by Gasteiger charge is -2.29. The molecule has 0 aliphatic carbocycles. The monoisotopic (exact) mass is 1080 g/mol. The number of aromatic nitrogens is 3. The summed E-state index contributed by atoms with van der Waals surface area (Å²) in [5.41, 5.74) is -5.53. The number of aliphatic hydroxyl groups is 16. The topological polar surface area (TPSA) is 541 Å². The van der Waals surface area contributed by atoms with E-state index in [0.717, 1.165) is 50.5 Å². The molecule has 0 fully saturated rings. The molecule has 0 aliphatic heterocycles. The van der Waals surface area contributed by atoms with Crippen LogP contribution in [0.1, 0.15) is 31.5 Å². The number of pyridine rings is 3. The maximum absolute atomic E-state index is 13.6. The summed E-state index contributed by atoms with van der Waals surface area (Å²) < 4.78 is 2.44. The smallest absolute Gasteiger partial charge is 0.271 e. The number of carbonyl (C=O) groups is 3. The van der Waals surface area contributed by atoms with Gasteiger partial charge >= 0.3 is 0 Å². The number of nitrogens with zero attached hydrogens (tertiary/aromatic N) is 4. The third kappa shape index (κ3) is 16.7. The summed E-state index contributed by atoms with van der Waals surface area (Å²) in [5, 5.41) is 199. The van der Waals surface area contributed by atoms with Crippen LogP contribution in [-0.2, 0) is 19.6 Å². The van der Waals surface area contributed by atoms with Crippen molar-refractivity contribution in [3.63, 3.8) is 0 Å². The molecule has 422 valence electrons. The average Bonchev–Trinajstić information content (AvgIpc) is 3.38. The SMILES string of the molecule is O=C(NCCN(CCNC(=O)c1c(O)c(=O)ccn1CC(O)C(O)C(O)C(O)CO)CCNC(=O)c1c(O)c(=O)ccn1CC(O)C(O)C(O)C(O)C(O)CO)c1c(O)c(=O)ccn1CC(O)C(O)C(O)C(O)CO. The van der Waals surface area contributed by atoms with Gasteiger partial charge in [-0.25, -0.2) is 0 Å².